The number of aromatic nitrogens is 1. The van der Waals surface area contributed by atoms with Gasteiger partial charge in [0.25, 0.3) is 0 Å². The molecule has 0 bridgehead atoms. The van der Waals surface area contributed by atoms with Crippen molar-refractivity contribution in [2.75, 3.05) is 0 Å². The van der Waals surface area contributed by atoms with Gasteiger partial charge in [0.15, 0.2) is 5.78 Å². The first-order valence-corrected chi connectivity index (χ1v) is 7.83. The highest BCUT2D eigenvalue weighted by Crippen LogP contribution is 2.53. The van der Waals surface area contributed by atoms with Gasteiger partial charge in [0.1, 0.15) is 0 Å². The van der Waals surface area contributed by atoms with Crippen LogP contribution < -0.4 is 0 Å². The molecule has 108 valence electrons. The Hall–Kier alpha value is -1.83. The zero-order valence-corrected chi connectivity index (χ0v) is 12.7. The second-order valence-corrected chi connectivity index (χ2v) is 7.34. The first-order valence-electron chi connectivity index (χ1n) is 7.83. The Morgan fingerprint density at radius 3 is 2.62 bits per heavy atom. The number of nitrogens with zero attached hydrogens (tertiary/aromatic N) is 1. The Balaban J connectivity index is 1.66. The maximum atomic E-state index is 12.3. The molecule has 0 radical (unpaired) electrons. The minimum Gasteiger partial charge on any atom is -0.347 e. The Bertz CT molecular complexity index is 696. The molecule has 1 saturated carbocycles. The SMILES string of the molecule is CC1(C)CC(=O)c2ccn(C3CC3c3ccccc3)c2C1. The van der Waals surface area contributed by atoms with Gasteiger partial charge in [-0.3, -0.25) is 4.79 Å². The molecule has 2 aliphatic rings. The summed E-state index contributed by atoms with van der Waals surface area (Å²) in [6.07, 6.45) is 5.02. The Labute approximate surface area is 125 Å². The van der Waals surface area contributed by atoms with E-state index in [4.69, 9.17) is 0 Å². The first-order chi connectivity index (χ1) is 10.1. The van der Waals surface area contributed by atoms with Crippen LogP contribution in [0.2, 0.25) is 0 Å². The van der Waals surface area contributed by atoms with Crippen LogP contribution in [0.5, 0.6) is 0 Å². The Morgan fingerprint density at radius 2 is 1.86 bits per heavy atom. The topological polar surface area (TPSA) is 22.0 Å². The fourth-order valence-corrected chi connectivity index (χ4v) is 3.82. The molecule has 1 heterocycles. The van der Waals surface area contributed by atoms with Crippen molar-refractivity contribution in [3.8, 4) is 0 Å². The van der Waals surface area contributed by atoms with Gasteiger partial charge in [-0.25, -0.2) is 0 Å². The minimum absolute atomic E-state index is 0.0946. The van der Waals surface area contributed by atoms with Crippen molar-refractivity contribution >= 4 is 5.78 Å². The highest BCUT2D eigenvalue weighted by atomic mass is 16.1. The maximum absolute atomic E-state index is 12.3. The molecular weight excluding hydrogens is 258 g/mol. The lowest BCUT2D eigenvalue weighted by Crippen LogP contribution is -2.27. The lowest BCUT2D eigenvalue weighted by molar-refractivity contribution is 0.0910. The Morgan fingerprint density at radius 1 is 1.10 bits per heavy atom. The van der Waals surface area contributed by atoms with E-state index in [9.17, 15) is 4.79 Å². The summed E-state index contributed by atoms with van der Waals surface area (Å²) >= 11 is 0. The van der Waals surface area contributed by atoms with Crippen LogP contribution >= 0.6 is 0 Å². The average Bonchev–Trinajstić information content (AvgIpc) is 3.12. The van der Waals surface area contributed by atoms with Gasteiger partial charge in [-0.2, -0.15) is 0 Å². The number of ketones is 1. The van der Waals surface area contributed by atoms with E-state index in [1.54, 1.807) is 0 Å². The summed E-state index contributed by atoms with van der Waals surface area (Å²) in [5, 5.41) is 0. The van der Waals surface area contributed by atoms with Crippen LogP contribution in [-0.2, 0) is 6.42 Å². The predicted octanol–water partition coefficient (Wildman–Crippen LogP) is 4.37. The Kier molecular flexibility index (Phi) is 2.66. The average molecular weight is 279 g/mol. The van der Waals surface area contributed by atoms with Crippen molar-refractivity contribution in [2.45, 2.75) is 45.1 Å². The summed E-state index contributed by atoms with van der Waals surface area (Å²) in [5.41, 5.74) is 3.75. The van der Waals surface area contributed by atoms with Gasteiger partial charge >= 0.3 is 0 Å². The standard InChI is InChI=1S/C19H21NO/c1-19(2)11-17-14(18(21)12-19)8-9-20(17)16-10-15(16)13-6-4-3-5-7-13/h3-9,15-16H,10-12H2,1-2H3. The molecule has 0 saturated heterocycles. The molecule has 0 N–H and O–H groups in total. The molecule has 0 spiro atoms. The molecular formula is C19H21NO. The summed E-state index contributed by atoms with van der Waals surface area (Å²) < 4.78 is 2.38. The number of carbonyl (C=O) groups is 1. The molecule has 2 nitrogen and oxygen atoms in total. The van der Waals surface area contributed by atoms with Gasteiger partial charge in [0, 0.05) is 35.8 Å². The van der Waals surface area contributed by atoms with E-state index in [0.717, 1.165) is 12.0 Å². The molecule has 0 amide bonds. The molecule has 1 aromatic heterocycles. The van der Waals surface area contributed by atoms with Crippen molar-refractivity contribution in [1.29, 1.82) is 0 Å². The number of fused-ring (bicyclic) bond motifs is 1. The highest BCUT2D eigenvalue weighted by Gasteiger charge is 2.43. The van der Waals surface area contributed by atoms with E-state index in [1.807, 2.05) is 6.07 Å². The molecule has 2 heteroatoms. The molecule has 21 heavy (non-hydrogen) atoms. The number of hydrogen-bond acceptors (Lipinski definition) is 1. The van der Waals surface area contributed by atoms with Crippen LogP contribution in [0.1, 0.15) is 60.3 Å². The van der Waals surface area contributed by atoms with Gasteiger partial charge in [-0.05, 0) is 29.9 Å². The van der Waals surface area contributed by atoms with E-state index < -0.39 is 0 Å². The van der Waals surface area contributed by atoms with Crippen molar-refractivity contribution in [3.63, 3.8) is 0 Å². The first kappa shape index (κ1) is 12.9. The minimum atomic E-state index is 0.0946. The second kappa shape index (κ2) is 4.33. The number of hydrogen-bond donors (Lipinski definition) is 0. The van der Waals surface area contributed by atoms with Gasteiger partial charge in [-0.1, -0.05) is 44.2 Å². The fourth-order valence-electron chi connectivity index (χ4n) is 3.82. The highest BCUT2D eigenvalue weighted by molar-refractivity contribution is 5.98. The number of rotatable bonds is 2. The number of Topliss-reactive ketones (excluding diaryl/α,β-unsaturated/α-hetero) is 1. The molecule has 1 aromatic carbocycles. The van der Waals surface area contributed by atoms with E-state index in [-0.39, 0.29) is 5.41 Å². The van der Waals surface area contributed by atoms with Gasteiger partial charge in [0.2, 0.25) is 0 Å². The van der Waals surface area contributed by atoms with Crippen molar-refractivity contribution in [1.82, 2.24) is 4.57 Å². The largest absolute Gasteiger partial charge is 0.347 e. The maximum Gasteiger partial charge on any atom is 0.165 e. The molecule has 2 aliphatic carbocycles. The van der Waals surface area contributed by atoms with Crippen molar-refractivity contribution in [2.24, 2.45) is 5.41 Å². The normalized spacial score (nSPS) is 26.5. The van der Waals surface area contributed by atoms with E-state index in [0.29, 0.717) is 24.2 Å². The zero-order valence-electron chi connectivity index (χ0n) is 12.7. The molecule has 0 aliphatic heterocycles. The third-order valence-corrected chi connectivity index (χ3v) is 4.95. The lowest BCUT2D eigenvalue weighted by Gasteiger charge is -2.29. The van der Waals surface area contributed by atoms with Crippen molar-refractivity contribution in [3.05, 3.63) is 59.4 Å². The summed E-state index contributed by atoms with van der Waals surface area (Å²) in [6, 6.07) is 13.3. The number of carbonyl (C=O) groups excluding carboxylic acids is 1. The van der Waals surface area contributed by atoms with Crippen LogP contribution in [0.4, 0.5) is 0 Å². The lowest BCUT2D eigenvalue weighted by atomic mass is 9.76. The van der Waals surface area contributed by atoms with Crippen LogP contribution in [0, 0.1) is 5.41 Å². The zero-order chi connectivity index (χ0) is 14.6. The second-order valence-electron chi connectivity index (χ2n) is 7.34. The van der Waals surface area contributed by atoms with Crippen LogP contribution in [-0.4, -0.2) is 10.4 Å². The quantitative estimate of drug-likeness (QED) is 0.800. The fraction of sp³-hybridized carbons (Fsp3) is 0.421. The van der Waals surface area contributed by atoms with Gasteiger partial charge in [0.05, 0.1) is 0 Å². The third-order valence-electron chi connectivity index (χ3n) is 4.95. The van der Waals surface area contributed by atoms with Crippen LogP contribution in [0.15, 0.2) is 42.6 Å². The summed E-state index contributed by atoms with van der Waals surface area (Å²) in [4.78, 5) is 12.3. The monoisotopic (exact) mass is 279 g/mol. The molecule has 2 atom stereocenters. The van der Waals surface area contributed by atoms with Gasteiger partial charge in [-0.15, -0.1) is 0 Å². The summed E-state index contributed by atoms with van der Waals surface area (Å²) in [6.45, 7) is 4.40. The summed E-state index contributed by atoms with van der Waals surface area (Å²) in [7, 11) is 0. The predicted molar refractivity (Wildman–Crippen MR) is 83.7 cm³/mol. The molecule has 4 rings (SSSR count). The molecule has 2 aromatic rings. The smallest absolute Gasteiger partial charge is 0.165 e. The number of benzene rings is 1. The van der Waals surface area contributed by atoms with E-state index >= 15 is 0 Å². The van der Waals surface area contributed by atoms with Crippen molar-refractivity contribution < 1.29 is 4.79 Å². The van der Waals surface area contributed by atoms with E-state index in [1.165, 1.54) is 17.7 Å². The van der Waals surface area contributed by atoms with Gasteiger partial charge < -0.3 is 4.57 Å². The third kappa shape index (κ3) is 2.14. The van der Waals surface area contributed by atoms with E-state index in [2.05, 4.69) is 54.9 Å². The molecule has 1 fully saturated rings. The molecule has 2 unspecified atom stereocenters. The summed E-state index contributed by atoms with van der Waals surface area (Å²) in [5.74, 6) is 0.930. The van der Waals surface area contributed by atoms with Crippen LogP contribution in [0.25, 0.3) is 0 Å². The van der Waals surface area contributed by atoms with Crippen LogP contribution in [0.3, 0.4) is 0 Å².